The van der Waals surface area contributed by atoms with Gasteiger partial charge in [-0.2, -0.15) is 0 Å². The van der Waals surface area contributed by atoms with Crippen LogP contribution in [0.2, 0.25) is 0 Å². The largest absolute Gasteiger partial charge is 0.476 e. The van der Waals surface area contributed by atoms with Crippen molar-refractivity contribution in [2.45, 2.75) is 19.8 Å². The van der Waals surface area contributed by atoms with Crippen molar-refractivity contribution in [2.75, 3.05) is 18.5 Å². The highest BCUT2D eigenvalue weighted by Crippen LogP contribution is 2.19. The highest BCUT2D eigenvalue weighted by Gasteiger charge is 2.18. The molecular formula is C14H19N3O3. The normalized spacial score (nSPS) is 12.5. The number of rotatable bonds is 7. The molecule has 0 amide bonds. The summed E-state index contributed by atoms with van der Waals surface area (Å²) < 4.78 is 1.55. The summed E-state index contributed by atoms with van der Waals surface area (Å²) in [6, 6.07) is 5.35. The summed E-state index contributed by atoms with van der Waals surface area (Å²) in [4.78, 5) is 15.7. The second kappa shape index (κ2) is 6.38. The summed E-state index contributed by atoms with van der Waals surface area (Å²) in [6.07, 6.45) is 3.30. The van der Waals surface area contributed by atoms with E-state index in [0.717, 1.165) is 6.42 Å². The van der Waals surface area contributed by atoms with Crippen LogP contribution in [-0.2, 0) is 0 Å². The zero-order chi connectivity index (χ0) is 14.5. The number of nitrogens with one attached hydrogen (secondary N) is 1. The number of nitrogens with zero attached hydrogens (tertiary/aromatic N) is 2. The Bertz CT molecular complexity index is 594. The molecule has 3 N–H and O–H groups in total. The Morgan fingerprint density at radius 2 is 2.30 bits per heavy atom. The Kier molecular flexibility index (Phi) is 4.57. The number of imidazole rings is 1. The minimum Gasteiger partial charge on any atom is -0.476 e. The first kappa shape index (κ1) is 14.3. The van der Waals surface area contributed by atoms with E-state index < -0.39 is 5.97 Å². The molecule has 6 nitrogen and oxygen atoms in total. The molecule has 0 aliphatic rings. The summed E-state index contributed by atoms with van der Waals surface area (Å²) in [6.45, 7) is 2.78. The first-order chi connectivity index (χ1) is 9.67. The number of aromatic nitrogens is 2. The Morgan fingerprint density at radius 1 is 1.50 bits per heavy atom. The number of aliphatic hydroxyl groups excluding tert-OH is 1. The standard InChI is InChI=1S/C14H19N3O3/c1-2-10(6-8-18)9-15-13-12(14(19)20)17-7-4-3-5-11(17)16-13/h3-5,7,10,15,18H,2,6,8-9H2,1H3,(H,19,20). The number of anilines is 1. The smallest absolute Gasteiger partial charge is 0.356 e. The summed E-state index contributed by atoms with van der Waals surface area (Å²) in [5.74, 6) is -0.340. The molecule has 0 saturated heterocycles. The van der Waals surface area contributed by atoms with Gasteiger partial charge in [0.15, 0.2) is 11.5 Å². The number of pyridine rings is 1. The van der Waals surface area contributed by atoms with Crippen molar-refractivity contribution in [1.29, 1.82) is 0 Å². The van der Waals surface area contributed by atoms with Crippen molar-refractivity contribution in [3.8, 4) is 0 Å². The molecule has 0 bridgehead atoms. The highest BCUT2D eigenvalue weighted by atomic mass is 16.4. The minimum absolute atomic E-state index is 0.136. The maximum absolute atomic E-state index is 11.4. The molecule has 2 aromatic rings. The summed E-state index contributed by atoms with van der Waals surface area (Å²) >= 11 is 0. The van der Waals surface area contributed by atoms with Crippen LogP contribution < -0.4 is 5.32 Å². The Labute approximate surface area is 117 Å². The molecule has 2 aromatic heterocycles. The van der Waals surface area contributed by atoms with E-state index in [1.165, 1.54) is 0 Å². The van der Waals surface area contributed by atoms with Crippen LogP contribution in [0.5, 0.6) is 0 Å². The third kappa shape index (κ3) is 2.91. The monoisotopic (exact) mass is 277 g/mol. The van der Waals surface area contributed by atoms with Crippen molar-refractivity contribution < 1.29 is 15.0 Å². The average molecular weight is 277 g/mol. The zero-order valence-electron chi connectivity index (χ0n) is 11.4. The molecule has 0 aromatic carbocycles. The van der Waals surface area contributed by atoms with Crippen molar-refractivity contribution in [2.24, 2.45) is 5.92 Å². The molecule has 0 aliphatic carbocycles. The maximum Gasteiger partial charge on any atom is 0.356 e. The van der Waals surface area contributed by atoms with E-state index in [4.69, 9.17) is 5.11 Å². The second-order valence-electron chi connectivity index (χ2n) is 4.71. The van der Waals surface area contributed by atoms with Crippen molar-refractivity contribution in [3.63, 3.8) is 0 Å². The lowest BCUT2D eigenvalue weighted by molar-refractivity contribution is 0.0690. The van der Waals surface area contributed by atoms with Crippen LogP contribution in [0.3, 0.4) is 0 Å². The Morgan fingerprint density at radius 3 is 2.95 bits per heavy atom. The number of carboxylic acid groups (broad SMARTS) is 1. The van der Waals surface area contributed by atoms with E-state index in [1.54, 1.807) is 22.7 Å². The SMILES string of the molecule is CCC(CCO)CNc1nc2ccccn2c1C(=O)O. The van der Waals surface area contributed by atoms with Crippen molar-refractivity contribution in [1.82, 2.24) is 9.38 Å². The summed E-state index contributed by atoms with van der Waals surface area (Å²) in [7, 11) is 0. The van der Waals surface area contributed by atoms with E-state index in [9.17, 15) is 9.90 Å². The number of carboxylic acids is 1. The van der Waals surface area contributed by atoms with Gasteiger partial charge in [-0.15, -0.1) is 0 Å². The molecule has 2 rings (SSSR count). The molecule has 6 heteroatoms. The molecule has 0 aliphatic heterocycles. The van der Waals surface area contributed by atoms with Crippen LogP contribution in [0.1, 0.15) is 30.3 Å². The molecular weight excluding hydrogens is 258 g/mol. The number of aliphatic hydroxyl groups is 1. The first-order valence-corrected chi connectivity index (χ1v) is 6.72. The van der Waals surface area contributed by atoms with E-state index in [1.807, 2.05) is 13.0 Å². The van der Waals surface area contributed by atoms with E-state index in [-0.39, 0.29) is 12.3 Å². The van der Waals surface area contributed by atoms with E-state index in [2.05, 4.69) is 10.3 Å². The van der Waals surface area contributed by atoms with Crippen LogP contribution in [-0.4, -0.2) is 38.7 Å². The van der Waals surface area contributed by atoms with Gasteiger partial charge in [0, 0.05) is 19.3 Å². The van der Waals surface area contributed by atoms with Gasteiger partial charge in [-0.05, 0) is 24.5 Å². The van der Waals surface area contributed by atoms with Crippen LogP contribution in [0.4, 0.5) is 5.82 Å². The van der Waals surface area contributed by atoms with Crippen LogP contribution in [0, 0.1) is 5.92 Å². The lowest BCUT2D eigenvalue weighted by atomic mass is 10.0. The number of carbonyl (C=O) groups is 1. The fourth-order valence-corrected chi connectivity index (χ4v) is 2.20. The van der Waals surface area contributed by atoms with Crippen LogP contribution >= 0.6 is 0 Å². The molecule has 0 radical (unpaired) electrons. The van der Waals surface area contributed by atoms with Gasteiger partial charge in [0.1, 0.15) is 5.65 Å². The molecule has 20 heavy (non-hydrogen) atoms. The van der Waals surface area contributed by atoms with Crippen LogP contribution in [0.25, 0.3) is 5.65 Å². The molecule has 0 saturated carbocycles. The number of aromatic carboxylic acids is 1. The Hall–Kier alpha value is -2.08. The van der Waals surface area contributed by atoms with E-state index >= 15 is 0 Å². The summed E-state index contributed by atoms with van der Waals surface area (Å²) in [5.41, 5.74) is 0.738. The fourth-order valence-electron chi connectivity index (χ4n) is 2.20. The Balaban J connectivity index is 2.25. The van der Waals surface area contributed by atoms with Gasteiger partial charge >= 0.3 is 5.97 Å². The van der Waals surface area contributed by atoms with Crippen LogP contribution in [0.15, 0.2) is 24.4 Å². The molecule has 0 fully saturated rings. The lowest BCUT2D eigenvalue weighted by Gasteiger charge is -2.14. The van der Waals surface area contributed by atoms with Gasteiger partial charge < -0.3 is 15.5 Å². The third-order valence-electron chi connectivity index (χ3n) is 3.41. The summed E-state index contributed by atoms with van der Waals surface area (Å²) in [5, 5.41) is 21.4. The number of hydrogen-bond donors (Lipinski definition) is 3. The van der Waals surface area contributed by atoms with Crippen molar-refractivity contribution in [3.05, 3.63) is 30.1 Å². The molecule has 1 unspecified atom stereocenters. The van der Waals surface area contributed by atoms with Crippen molar-refractivity contribution >= 4 is 17.4 Å². The lowest BCUT2D eigenvalue weighted by Crippen LogP contribution is -2.17. The molecule has 0 spiro atoms. The average Bonchev–Trinajstić information content (AvgIpc) is 2.81. The number of fused-ring (bicyclic) bond motifs is 1. The predicted molar refractivity (Wildman–Crippen MR) is 76.1 cm³/mol. The number of hydrogen-bond acceptors (Lipinski definition) is 4. The molecule has 108 valence electrons. The molecule has 1 atom stereocenters. The van der Waals surface area contributed by atoms with E-state index in [0.29, 0.717) is 30.3 Å². The zero-order valence-corrected chi connectivity index (χ0v) is 11.4. The maximum atomic E-state index is 11.4. The van der Waals surface area contributed by atoms with Gasteiger partial charge in [-0.3, -0.25) is 4.40 Å². The predicted octanol–water partition coefficient (Wildman–Crippen LogP) is 1.85. The second-order valence-corrected chi connectivity index (χ2v) is 4.71. The van der Waals surface area contributed by atoms with Gasteiger partial charge in [0.25, 0.3) is 0 Å². The molecule has 2 heterocycles. The first-order valence-electron chi connectivity index (χ1n) is 6.72. The third-order valence-corrected chi connectivity index (χ3v) is 3.41. The van der Waals surface area contributed by atoms with Gasteiger partial charge in [-0.1, -0.05) is 19.4 Å². The minimum atomic E-state index is -1.01. The van der Waals surface area contributed by atoms with Gasteiger partial charge in [0.2, 0.25) is 0 Å². The van der Waals surface area contributed by atoms with Gasteiger partial charge in [-0.25, -0.2) is 9.78 Å². The topological polar surface area (TPSA) is 86.9 Å². The highest BCUT2D eigenvalue weighted by molar-refractivity contribution is 5.92. The fraction of sp³-hybridized carbons (Fsp3) is 0.429. The quantitative estimate of drug-likeness (QED) is 0.719. The van der Waals surface area contributed by atoms with Gasteiger partial charge in [0.05, 0.1) is 0 Å².